The third-order valence-corrected chi connectivity index (χ3v) is 5.83. The lowest BCUT2D eigenvalue weighted by molar-refractivity contribution is -0.113. The lowest BCUT2D eigenvalue weighted by Gasteiger charge is -2.09. The number of anilines is 1. The number of thioether (sulfide) groups is 1. The van der Waals surface area contributed by atoms with Crippen molar-refractivity contribution in [1.29, 1.82) is 0 Å². The summed E-state index contributed by atoms with van der Waals surface area (Å²) in [5, 5.41) is 11.9. The molecule has 0 fully saturated rings. The van der Waals surface area contributed by atoms with Crippen molar-refractivity contribution in [1.82, 2.24) is 14.8 Å². The first-order valence-electron chi connectivity index (χ1n) is 10.2. The first kappa shape index (κ1) is 21.5. The Balaban J connectivity index is 1.39. The largest absolute Gasteiger partial charge is 0.325 e. The Morgan fingerprint density at radius 2 is 1.56 bits per heavy atom. The van der Waals surface area contributed by atoms with Crippen LogP contribution in [0.1, 0.15) is 27.3 Å². The van der Waals surface area contributed by atoms with E-state index in [0.717, 1.165) is 11.4 Å². The van der Waals surface area contributed by atoms with Gasteiger partial charge in [-0.05, 0) is 24.6 Å². The molecule has 1 heterocycles. The summed E-state index contributed by atoms with van der Waals surface area (Å²) in [7, 11) is 0. The van der Waals surface area contributed by atoms with E-state index in [1.165, 1.54) is 11.8 Å². The highest BCUT2D eigenvalue weighted by molar-refractivity contribution is 7.99. The molecule has 4 rings (SSSR count). The molecule has 3 aromatic carbocycles. The van der Waals surface area contributed by atoms with E-state index >= 15 is 0 Å². The van der Waals surface area contributed by atoms with Crippen LogP contribution in [0.2, 0.25) is 0 Å². The second kappa shape index (κ2) is 10.1. The summed E-state index contributed by atoms with van der Waals surface area (Å²) in [5.41, 5.74) is 2.86. The Morgan fingerprint density at radius 1 is 0.875 bits per heavy atom. The topological polar surface area (TPSA) is 76.9 Å². The standard InChI is InChI=1S/C25H22N4O2S/c1-18-27-28-25(29(18)16-19-9-4-2-5-10-19)32-17-23(30)26-22-14-8-13-21(15-22)24(31)20-11-6-3-7-12-20/h2-15H,16-17H2,1H3,(H,26,30). The van der Waals surface area contributed by atoms with Gasteiger partial charge in [0.2, 0.25) is 5.91 Å². The quantitative estimate of drug-likeness (QED) is 0.319. The molecule has 1 N–H and O–H groups in total. The number of nitrogens with zero attached hydrogens (tertiary/aromatic N) is 3. The molecular formula is C25H22N4O2S. The molecule has 0 aliphatic heterocycles. The number of rotatable bonds is 8. The molecule has 4 aromatic rings. The van der Waals surface area contributed by atoms with Crippen molar-refractivity contribution in [2.24, 2.45) is 0 Å². The van der Waals surface area contributed by atoms with E-state index in [1.807, 2.05) is 60.0 Å². The van der Waals surface area contributed by atoms with Crippen molar-refractivity contribution < 1.29 is 9.59 Å². The molecule has 0 saturated carbocycles. The van der Waals surface area contributed by atoms with Crippen LogP contribution in [0.3, 0.4) is 0 Å². The van der Waals surface area contributed by atoms with Gasteiger partial charge < -0.3 is 9.88 Å². The van der Waals surface area contributed by atoms with Crippen LogP contribution >= 0.6 is 11.8 Å². The maximum Gasteiger partial charge on any atom is 0.234 e. The van der Waals surface area contributed by atoms with Gasteiger partial charge in [0.25, 0.3) is 0 Å². The Kier molecular flexibility index (Phi) is 6.77. The fraction of sp³-hybridized carbons (Fsp3) is 0.120. The molecule has 0 unspecified atom stereocenters. The number of ketones is 1. The molecule has 0 aliphatic rings. The average Bonchev–Trinajstić information content (AvgIpc) is 3.17. The Hall–Kier alpha value is -3.71. The van der Waals surface area contributed by atoms with Crippen LogP contribution in [0, 0.1) is 6.92 Å². The summed E-state index contributed by atoms with van der Waals surface area (Å²) in [4.78, 5) is 25.2. The van der Waals surface area contributed by atoms with Crippen LogP contribution in [0.4, 0.5) is 5.69 Å². The molecule has 0 saturated heterocycles. The van der Waals surface area contributed by atoms with Gasteiger partial charge in [-0.15, -0.1) is 10.2 Å². The number of hydrogen-bond acceptors (Lipinski definition) is 5. The van der Waals surface area contributed by atoms with Crippen LogP contribution < -0.4 is 5.32 Å². The fourth-order valence-corrected chi connectivity index (χ4v) is 4.02. The van der Waals surface area contributed by atoms with Gasteiger partial charge in [0, 0.05) is 16.8 Å². The summed E-state index contributed by atoms with van der Waals surface area (Å²) in [6, 6.07) is 26.1. The number of carbonyl (C=O) groups is 2. The van der Waals surface area contributed by atoms with Crippen molar-refractivity contribution in [3.05, 3.63) is 107 Å². The van der Waals surface area contributed by atoms with Gasteiger partial charge in [-0.2, -0.15) is 0 Å². The number of aromatic nitrogens is 3. The van der Waals surface area contributed by atoms with Crippen molar-refractivity contribution >= 4 is 29.1 Å². The Labute approximate surface area is 190 Å². The second-order valence-electron chi connectivity index (χ2n) is 7.21. The van der Waals surface area contributed by atoms with Crippen molar-refractivity contribution in [2.45, 2.75) is 18.6 Å². The summed E-state index contributed by atoms with van der Waals surface area (Å²) in [6.07, 6.45) is 0. The minimum Gasteiger partial charge on any atom is -0.325 e. The maximum atomic E-state index is 12.7. The van der Waals surface area contributed by atoms with E-state index in [-0.39, 0.29) is 17.4 Å². The van der Waals surface area contributed by atoms with E-state index < -0.39 is 0 Å². The van der Waals surface area contributed by atoms with E-state index in [1.54, 1.807) is 36.4 Å². The predicted octanol–water partition coefficient (Wildman–Crippen LogP) is 4.60. The molecule has 0 bridgehead atoms. The van der Waals surface area contributed by atoms with Gasteiger partial charge in [0.05, 0.1) is 12.3 Å². The molecular weight excluding hydrogens is 420 g/mol. The highest BCUT2D eigenvalue weighted by Crippen LogP contribution is 2.20. The first-order chi connectivity index (χ1) is 15.6. The average molecular weight is 443 g/mol. The fourth-order valence-electron chi connectivity index (χ4n) is 3.24. The number of amides is 1. The molecule has 0 spiro atoms. The molecule has 7 heteroatoms. The van der Waals surface area contributed by atoms with Gasteiger partial charge in [-0.25, -0.2) is 0 Å². The second-order valence-corrected chi connectivity index (χ2v) is 8.16. The third kappa shape index (κ3) is 5.31. The third-order valence-electron chi connectivity index (χ3n) is 4.86. The SMILES string of the molecule is Cc1nnc(SCC(=O)Nc2cccc(C(=O)c3ccccc3)c2)n1Cc1ccccc1. The molecule has 0 radical (unpaired) electrons. The monoisotopic (exact) mass is 442 g/mol. The Morgan fingerprint density at radius 3 is 2.31 bits per heavy atom. The lowest BCUT2D eigenvalue weighted by Crippen LogP contribution is -2.15. The number of aryl methyl sites for hydroxylation is 1. The van der Waals surface area contributed by atoms with E-state index in [4.69, 9.17) is 0 Å². The minimum absolute atomic E-state index is 0.0828. The summed E-state index contributed by atoms with van der Waals surface area (Å²) < 4.78 is 1.99. The molecule has 0 atom stereocenters. The zero-order valence-electron chi connectivity index (χ0n) is 17.6. The van der Waals surface area contributed by atoms with Gasteiger partial charge >= 0.3 is 0 Å². The van der Waals surface area contributed by atoms with Crippen LogP contribution in [-0.2, 0) is 11.3 Å². The van der Waals surface area contributed by atoms with Gasteiger partial charge in [-0.1, -0.05) is 84.6 Å². The van der Waals surface area contributed by atoms with Crippen molar-refractivity contribution in [3.8, 4) is 0 Å². The zero-order chi connectivity index (χ0) is 22.3. The van der Waals surface area contributed by atoms with E-state index in [2.05, 4.69) is 15.5 Å². The van der Waals surface area contributed by atoms with Crippen molar-refractivity contribution in [2.75, 3.05) is 11.1 Å². The van der Waals surface area contributed by atoms with E-state index in [0.29, 0.717) is 28.5 Å². The van der Waals surface area contributed by atoms with Gasteiger partial charge in [-0.3, -0.25) is 9.59 Å². The molecule has 1 aromatic heterocycles. The molecule has 32 heavy (non-hydrogen) atoms. The van der Waals surface area contributed by atoms with Crippen molar-refractivity contribution in [3.63, 3.8) is 0 Å². The zero-order valence-corrected chi connectivity index (χ0v) is 18.4. The van der Waals surface area contributed by atoms with E-state index in [9.17, 15) is 9.59 Å². The Bertz CT molecular complexity index is 1220. The number of nitrogens with one attached hydrogen (secondary N) is 1. The molecule has 160 valence electrons. The maximum absolute atomic E-state index is 12.7. The predicted molar refractivity (Wildman–Crippen MR) is 126 cm³/mol. The lowest BCUT2D eigenvalue weighted by atomic mass is 10.0. The van der Waals surface area contributed by atoms with Gasteiger partial charge in [0.15, 0.2) is 10.9 Å². The highest BCUT2D eigenvalue weighted by Gasteiger charge is 2.14. The smallest absolute Gasteiger partial charge is 0.234 e. The minimum atomic E-state index is -0.175. The number of hydrogen-bond donors (Lipinski definition) is 1. The summed E-state index contributed by atoms with van der Waals surface area (Å²) in [6.45, 7) is 2.54. The first-order valence-corrected chi connectivity index (χ1v) is 11.1. The van der Waals surface area contributed by atoms with Crippen LogP contribution in [-0.4, -0.2) is 32.2 Å². The molecule has 1 amide bonds. The number of benzene rings is 3. The number of carbonyl (C=O) groups excluding carboxylic acids is 2. The highest BCUT2D eigenvalue weighted by atomic mass is 32.2. The van der Waals surface area contributed by atoms with Gasteiger partial charge in [0.1, 0.15) is 5.82 Å². The summed E-state index contributed by atoms with van der Waals surface area (Å²) >= 11 is 1.33. The normalized spacial score (nSPS) is 10.7. The van der Waals surface area contributed by atoms with Crippen LogP contribution in [0.15, 0.2) is 90.1 Å². The van der Waals surface area contributed by atoms with Crippen LogP contribution in [0.5, 0.6) is 0 Å². The molecule has 0 aliphatic carbocycles. The van der Waals surface area contributed by atoms with Crippen LogP contribution in [0.25, 0.3) is 0 Å². The molecule has 6 nitrogen and oxygen atoms in total. The summed E-state index contributed by atoms with van der Waals surface area (Å²) in [5.74, 6) is 0.722.